The number of ether oxygens (including phenoxy) is 2. The van der Waals surface area contributed by atoms with Crippen LogP contribution in [0.2, 0.25) is 19.6 Å². The number of carbonyl (C=O) groups is 1. The van der Waals surface area contributed by atoms with E-state index in [4.69, 9.17) is 13.9 Å². The van der Waals surface area contributed by atoms with Crippen LogP contribution in [0, 0.1) is 0 Å². The Morgan fingerprint density at radius 2 is 1.68 bits per heavy atom. The summed E-state index contributed by atoms with van der Waals surface area (Å²) >= 11 is 0. The first kappa shape index (κ1) is 16.4. The molecule has 0 radical (unpaired) electrons. The highest BCUT2D eigenvalue weighted by atomic mass is 28.4. The quantitative estimate of drug-likeness (QED) is 0.612. The Bertz CT molecular complexity index is 340. The van der Waals surface area contributed by atoms with Crippen LogP contribution in [-0.2, 0) is 18.7 Å². The average Bonchev–Trinajstić information content (AvgIpc) is 2.27. The number of rotatable bonds is 5. The zero-order valence-corrected chi connectivity index (χ0v) is 13.6. The topological polar surface area (TPSA) is 56.8 Å². The third-order valence-corrected chi connectivity index (χ3v) is 3.89. The van der Waals surface area contributed by atoms with Gasteiger partial charge in [0.05, 0.1) is 12.1 Å². The standard InChI is InChI=1S/C13H25NO4Si/c1-9(15)14-10-7-8-11(18-19(4,5)6)13(17-3)12(10)16-2/h7-8,10-13H,1-6H3,(H,14,15). The molecule has 0 bridgehead atoms. The van der Waals surface area contributed by atoms with Gasteiger partial charge in [0.25, 0.3) is 0 Å². The molecule has 1 aliphatic carbocycles. The van der Waals surface area contributed by atoms with E-state index in [0.29, 0.717) is 0 Å². The molecule has 0 aliphatic heterocycles. The number of nitrogens with one attached hydrogen (secondary N) is 1. The Hall–Kier alpha value is -0.693. The van der Waals surface area contributed by atoms with Gasteiger partial charge >= 0.3 is 0 Å². The van der Waals surface area contributed by atoms with Crippen molar-refractivity contribution in [1.82, 2.24) is 5.32 Å². The van der Waals surface area contributed by atoms with Crippen LogP contribution >= 0.6 is 0 Å². The molecule has 0 saturated heterocycles. The van der Waals surface area contributed by atoms with Gasteiger partial charge in [-0.3, -0.25) is 4.79 Å². The molecule has 0 aromatic rings. The van der Waals surface area contributed by atoms with Crippen LogP contribution in [0.5, 0.6) is 0 Å². The molecular weight excluding hydrogens is 262 g/mol. The van der Waals surface area contributed by atoms with Crippen molar-refractivity contribution in [2.75, 3.05) is 14.2 Å². The fourth-order valence-corrected chi connectivity index (χ4v) is 3.30. The van der Waals surface area contributed by atoms with Crippen LogP contribution < -0.4 is 5.32 Å². The Labute approximate surface area is 116 Å². The largest absolute Gasteiger partial charge is 0.409 e. The summed E-state index contributed by atoms with van der Waals surface area (Å²) in [7, 11) is 1.59. The summed E-state index contributed by atoms with van der Waals surface area (Å²) in [5, 5.41) is 2.86. The van der Waals surface area contributed by atoms with Gasteiger partial charge in [0, 0.05) is 21.1 Å². The van der Waals surface area contributed by atoms with E-state index in [-0.39, 0.29) is 30.3 Å². The molecule has 1 aliphatic rings. The van der Waals surface area contributed by atoms with Gasteiger partial charge in [-0.05, 0) is 19.6 Å². The second kappa shape index (κ2) is 6.65. The van der Waals surface area contributed by atoms with E-state index in [1.165, 1.54) is 6.92 Å². The first-order valence-corrected chi connectivity index (χ1v) is 9.88. The number of carbonyl (C=O) groups excluding carboxylic acids is 1. The lowest BCUT2D eigenvalue weighted by Crippen LogP contribution is -2.56. The van der Waals surface area contributed by atoms with Gasteiger partial charge in [-0.1, -0.05) is 12.2 Å². The summed E-state index contributed by atoms with van der Waals surface area (Å²) in [5.41, 5.74) is 0. The summed E-state index contributed by atoms with van der Waals surface area (Å²) in [5.74, 6) is -0.0869. The van der Waals surface area contributed by atoms with Crippen molar-refractivity contribution in [3.05, 3.63) is 12.2 Å². The first-order valence-electron chi connectivity index (χ1n) is 6.47. The second-order valence-electron chi connectivity index (χ2n) is 5.71. The summed E-state index contributed by atoms with van der Waals surface area (Å²) < 4.78 is 17.1. The van der Waals surface area contributed by atoms with Crippen molar-refractivity contribution in [1.29, 1.82) is 0 Å². The third kappa shape index (κ3) is 4.72. The van der Waals surface area contributed by atoms with E-state index in [1.54, 1.807) is 14.2 Å². The van der Waals surface area contributed by atoms with E-state index < -0.39 is 8.32 Å². The molecule has 110 valence electrons. The fraction of sp³-hybridized carbons (Fsp3) is 0.769. The first-order chi connectivity index (χ1) is 8.78. The molecule has 1 N–H and O–H groups in total. The average molecular weight is 287 g/mol. The van der Waals surface area contributed by atoms with Crippen molar-refractivity contribution in [2.45, 2.75) is 50.9 Å². The summed E-state index contributed by atoms with van der Waals surface area (Å²) in [6, 6.07) is -0.186. The fourth-order valence-electron chi connectivity index (χ4n) is 2.27. The molecule has 5 nitrogen and oxygen atoms in total. The number of methoxy groups -OCH3 is 2. The van der Waals surface area contributed by atoms with E-state index in [0.717, 1.165) is 0 Å². The monoisotopic (exact) mass is 287 g/mol. The summed E-state index contributed by atoms with van der Waals surface area (Å²) in [6.45, 7) is 7.90. The minimum atomic E-state index is -1.67. The van der Waals surface area contributed by atoms with E-state index in [9.17, 15) is 4.79 Å². The number of hydrogen-bond donors (Lipinski definition) is 1. The summed E-state index contributed by atoms with van der Waals surface area (Å²) in [4.78, 5) is 11.2. The second-order valence-corrected chi connectivity index (χ2v) is 10.2. The van der Waals surface area contributed by atoms with Gasteiger partial charge in [-0.2, -0.15) is 0 Å². The highest BCUT2D eigenvalue weighted by molar-refractivity contribution is 6.69. The van der Waals surface area contributed by atoms with Gasteiger partial charge in [0.2, 0.25) is 5.91 Å². The molecule has 0 heterocycles. The Balaban J connectivity index is 2.89. The van der Waals surface area contributed by atoms with Crippen LogP contribution in [0.3, 0.4) is 0 Å². The molecule has 0 saturated carbocycles. The SMILES string of the molecule is COC1C(NC(C)=O)C=CC(O[Si](C)(C)C)C1OC. The molecule has 0 aromatic heterocycles. The van der Waals surface area contributed by atoms with Crippen molar-refractivity contribution in [3.63, 3.8) is 0 Å². The normalized spacial score (nSPS) is 31.3. The predicted molar refractivity (Wildman–Crippen MR) is 76.6 cm³/mol. The highest BCUT2D eigenvalue weighted by Crippen LogP contribution is 2.24. The van der Waals surface area contributed by atoms with Crippen LogP contribution in [0.4, 0.5) is 0 Å². The van der Waals surface area contributed by atoms with Gasteiger partial charge in [0.15, 0.2) is 8.32 Å². The molecule has 6 heteroatoms. The van der Waals surface area contributed by atoms with Crippen LogP contribution in [0.15, 0.2) is 12.2 Å². The molecule has 0 fully saturated rings. The Morgan fingerprint density at radius 1 is 1.11 bits per heavy atom. The maximum absolute atomic E-state index is 11.2. The van der Waals surface area contributed by atoms with Gasteiger partial charge in [-0.15, -0.1) is 0 Å². The minimum absolute atomic E-state index is 0.0869. The molecule has 1 rings (SSSR count). The lowest BCUT2D eigenvalue weighted by Gasteiger charge is -2.39. The maximum atomic E-state index is 11.2. The zero-order chi connectivity index (χ0) is 14.6. The van der Waals surface area contributed by atoms with Crippen LogP contribution in [-0.4, -0.2) is 52.8 Å². The van der Waals surface area contributed by atoms with Crippen molar-refractivity contribution >= 4 is 14.2 Å². The van der Waals surface area contributed by atoms with Crippen LogP contribution in [0.25, 0.3) is 0 Å². The minimum Gasteiger partial charge on any atom is -0.409 e. The number of amides is 1. The molecular formula is C13H25NO4Si. The van der Waals surface area contributed by atoms with Crippen molar-refractivity contribution in [3.8, 4) is 0 Å². The molecule has 4 unspecified atom stereocenters. The molecule has 1 amide bonds. The Morgan fingerprint density at radius 3 is 2.11 bits per heavy atom. The summed E-state index contributed by atoms with van der Waals surface area (Å²) in [6.07, 6.45) is 3.28. The predicted octanol–water partition coefficient (Wildman–Crippen LogP) is 1.31. The van der Waals surface area contributed by atoms with Crippen molar-refractivity contribution < 1.29 is 18.7 Å². The van der Waals surface area contributed by atoms with Gasteiger partial charge in [-0.25, -0.2) is 0 Å². The van der Waals surface area contributed by atoms with E-state index >= 15 is 0 Å². The lowest BCUT2D eigenvalue weighted by molar-refractivity contribution is -0.123. The highest BCUT2D eigenvalue weighted by Gasteiger charge is 2.39. The van der Waals surface area contributed by atoms with Gasteiger partial charge < -0.3 is 19.2 Å². The lowest BCUT2D eigenvalue weighted by atomic mass is 9.94. The smallest absolute Gasteiger partial charge is 0.217 e. The van der Waals surface area contributed by atoms with E-state index in [2.05, 4.69) is 25.0 Å². The zero-order valence-electron chi connectivity index (χ0n) is 12.6. The third-order valence-electron chi connectivity index (χ3n) is 2.91. The van der Waals surface area contributed by atoms with Crippen LogP contribution in [0.1, 0.15) is 6.92 Å². The van der Waals surface area contributed by atoms with Gasteiger partial charge in [0.1, 0.15) is 12.2 Å². The molecule has 19 heavy (non-hydrogen) atoms. The van der Waals surface area contributed by atoms with E-state index in [1.807, 2.05) is 12.2 Å². The number of hydrogen-bond acceptors (Lipinski definition) is 4. The van der Waals surface area contributed by atoms with Crippen molar-refractivity contribution in [2.24, 2.45) is 0 Å². The molecule has 4 atom stereocenters. The Kier molecular flexibility index (Phi) is 5.73. The maximum Gasteiger partial charge on any atom is 0.217 e. The molecule has 0 spiro atoms. The molecule has 0 aromatic carbocycles.